The molecule has 0 radical (unpaired) electrons. The Bertz CT molecular complexity index is 1240. The average molecular weight is 504 g/mol. The molecule has 3 aromatic rings. The number of carbonyl (C=O) groups excluding carboxylic acids is 2. The van der Waals surface area contributed by atoms with Crippen molar-refractivity contribution >= 4 is 18.1 Å². The minimum Gasteiger partial charge on any atom is -0.464 e. The summed E-state index contributed by atoms with van der Waals surface area (Å²) in [6, 6.07) is 11.9. The average Bonchev–Trinajstić information content (AvgIpc) is 3.27. The second-order valence-electron chi connectivity index (χ2n) is 8.35. The van der Waals surface area contributed by atoms with Gasteiger partial charge in [0.1, 0.15) is 23.4 Å². The second-order valence-corrected chi connectivity index (χ2v) is 8.35. The van der Waals surface area contributed by atoms with Gasteiger partial charge in [-0.3, -0.25) is 5.32 Å². The van der Waals surface area contributed by atoms with E-state index < -0.39 is 24.0 Å². The van der Waals surface area contributed by atoms with Gasteiger partial charge in [0.05, 0.1) is 12.8 Å². The fraction of sp³-hybridized carbons (Fsp3) is 0.250. The van der Waals surface area contributed by atoms with Gasteiger partial charge in [0, 0.05) is 5.56 Å². The number of hydrogen-bond donors (Lipinski definition) is 1. The highest BCUT2D eigenvalue weighted by Crippen LogP contribution is 2.24. The fourth-order valence-electron chi connectivity index (χ4n) is 2.88. The first-order valence-corrected chi connectivity index (χ1v) is 10.5. The molecule has 190 valence electrons. The second kappa shape index (κ2) is 10.5. The van der Waals surface area contributed by atoms with Gasteiger partial charge in [0.2, 0.25) is 0 Å². The van der Waals surface area contributed by atoms with E-state index in [-0.39, 0.29) is 11.4 Å². The van der Waals surface area contributed by atoms with Crippen LogP contribution >= 0.6 is 0 Å². The molecule has 0 aliphatic heterocycles. The third-order valence-corrected chi connectivity index (χ3v) is 4.35. The molecule has 1 heterocycles. The Kier molecular flexibility index (Phi) is 7.66. The maximum atomic E-state index is 12.3. The van der Waals surface area contributed by atoms with Gasteiger partial charge in [-0.2, -0.15) is 0 Å². The number of aromatic nitrogens is 3. The van der Waals surface area contributed by atoms with Crippen LogP contribution in [0.25, 0.3) is 23.2 Å². The van der Waals surface area contributed by atoms with Crippen molar-refractivity contribution in [1.82, 2.24) is 20.1 Å². The molecule has 9 nitrogen and oxygen atoms in total. The van der Waals surface area contributed by atoms with Crippen molar-refractivity contribution < 1.29 is 37.0 Å². The van der Waals surface area contributed by atoms with Gasteiger partial charge >= 0.3 is 18.4 Å². The molecule has 0 aliphatic carbocycles. The van der Waals surface area contributed by atoms with E-state index in [1.54, 1.807) is 45.0 Å². The minimum absolute atomic E-state index is 0.111. The number of nitrogens with one attached hydrogen (secondary N) is 1. The van der Waals surface area contributed by atoms with E-state index in [1.165, 1.54) is 48.5 Å². The van der Waals surface area contributed by atoms with Crippen LogP contribution in [0.4, 0.5) is 18.0 Å². The number of alkyl carbamates (subject to hydrolysis) is 1. The van der Waals surface area contributed by atoms with Crippen LogP contribution in [0.2, 0.25) is 0 Å². The maximum absolute atomic E-state index is 12.3. The number of halogens is 3. The molecule has 2 aromatic carbocycles. The molecule has 0 saturated heterocycles. The smallest absolute Gasteiger partial charge is 0.464 e. The zero-order valence-electron chi connectivity index (χ0n) is 19.8. The van der Waals surface area contributed by atoms with Crippen molar-refractivity contribution in [3.63, 3.8) is 0 Å². The molecule has 0 unspecified atom stereocenters. The van der Waals surface area contributed by atoms with Crippen molar-refractivity contribution in [3.8, 4) is 22.8 Å². The number of hydrogen-bond acceptors (Lipinski definition) is 7. The van der Waals surface area contributed by atoms with E-state index in [0.29, 0.717) is 22.6 Å². The molecule has 1 N–H and O–H groups in total. The number of benzene rings is 2. The normalized spacial score (nSPS) is 12.1. The van der Waals surface area contributed by atoms with Crippen LogP contribution in [-0.2, 0) is 14.3 Å². The van der Waals surface area contributed by atoms with Crippen molar-refractivity contribution in [2.75, 3.05) is 7.11 Å². The SMILES string of the molecule is COC(=O)/C(=C/c1ccc(-c2ncn(-c3ccc(OC(F)(F)F)cc3)n2)cc1)NC(=O)OC(C)(C)C. The first-order valence-electron chi connectivity index (χ1n) is 10.5. The number of alkyl halides is 3. The molecule has 3 rings (SSSR count). The molecule has 12 heteroatoms. The number of ether oxygens (including phenoxy) is 3. The van der Waals surface area contributed by atoms with Crippen molar-refractivity contribution in [2.24, 2.45) is 0 Å². The topological polar surface area (TPSA) is 105 Å². The summed E-state index contributed by atoms with van der Waals surface area (Å²) in [4.78, 5) is 28.4. The lowest BCUT2D eigenvalue weighted by Gasteiger charge is -2.20. The number of methoxy groups -OCH3 is 1. The summed E-state index contributed by atoms with van der Waals surface area (Å²) in [6.07, 6.45) is -2.73. The molecule has 0 saturated carbocycles. The molecule has 1 amide bonds. The predicted molar refractivity (Wildman–Crippen MR) is 123 cm³/mol. The molecule has 0 aliphatic rings. The van der Waals surface area contributed by atoms with Crippen molar-refractivity contribution in [1.29, 1.82) is 0 Å². The van der Waals surface area contributed by atoms with Crippen LogP contribution in [-0.4, -0.2) is 45.9 Å². The molecular formula is C24H23F3N4O5. The Morgan fingerprint density at radius 1 is 1.00 bits per heavy atom. The molecule has 0 bridgehead atoms. The zero-order chi connectivity index (χ0) is 26.5. The summed E-state index contributed by atoms with van der Waals surface area (Å²) in [5.41, 5.74) is 0.846. The maximum Gasteiger partial charge on any atom is 0.573 e. The van der Waals surface area contributed by atoms with Crippen LogP contribution in [0, 0.1) is 0 Å². The van der Waals surface area contributed by atoms with E-state index in [0.717, 1.165) is 0 Å². The molecule has 0 fully saturated rings. The van der Waals surface area contributed by atoms with E-state index in [9.17, 15) is 22.8 Å². The van der Waals surface area contributed by atoms with Gasteiger partial charge in [0.15, 0.2) is 5.82 Å². The summed E-state index contributed by atoms with van der Waals surface area (Å²) in [5.74, 6) is -0.735. The quantitative estimate of drug-likeness (QED) is 0.377. The third kappa shape index (κ3) is 7.58. The van der Waals surface area contributed by atoms with Crippen LogP contribution < -0.4 is 10.1 Å². The van der Waals surface area contributed by atoms with Gasteiger partial charge < -0.3 is 14.2 Å². The highest BCUT2D eigenvalue weighted by Gasteiger charge is 2.31. The Morgan fingerprint density at radius 3 is 2.19 bits per heavy atom. The summed E-state index contributed by atoms with van der Waals surface area (Å²) in [7, 11) is 1.19. The summed E-state index contributed by atoms with van der Waals surface area (Å²) >= 11 is 0. The van der Waals surface area contributed by atoms with Crippen LogP contribution in [0.5, 0.6) is 5.75 Å². The van der Waals surface area contributed by atoms with Gasteiger partial charge in [-0.1, -0.05) is 24.3 Å². The standard InChI is InChI=1S/C24H23F3N4O5/c1-23(2,3)36-22(33)29-19(21(32)34-4)13-15-5-7-16(8-6-15)20-28-14-31(30-20)17-9-11-18(12-10-17)35-24(25,26)27/h5-14H,1-4H3,(H,29,33)/b19-13-. The number of esters is 1. The Morgan fingerprint density at radius 2 is 1.64 bits per heavy atom. The van der Waals surface area contributed by atoms with Gasteiger partial charge in [-0.05, 0) is 56.7 Å². The molecular weight excluding hydrogens is 481 g/mol. The Hall–Kier alpha value is -4.35. The lowest BCUT2D eigenvalue weighted by molar-refractivity contribution is -0.274. The summed E-state index contributed by atoms with van der Waals surface area (Å²) < 4.78 is 52.1. The molecule has 0 spiro atoms. The molecule has 36 heavy (non-hydrogen) atoms. The number of nitrogens with zero attached hydrogens (tertiary/aromatic N) is 3. The lowest BCUT2D eigenvalue weighted by atomic mass is 10.1. The number of amides is 1. The zero-order valence-corrected chi connectivity index (χ0v) is 19.8. The first-order chi connectivity index (χ1) is 16.8. The van der Waals surface area contributed by atoms with E-state index in [2.05, 4.69) is 20.1 Å². The summed E-state index contributed by atoms with van der Waals surface area (Å²) in [6.45, 7) is 5.08. The summed E-state index contributed by atoms with van der Waals surface area (Å²) in [5, 5.41) is 6.72. The highest BCUT2D eigenvalue weighted by molar-refractivity contribution is 5.96. The van der Waals surface area contributed by atoms with E-state index in [1.807, 2.05) is 0 Å². The number of rotatable bonds is 6. The van der Waals surface area contributed by atoms with Crippen LogP contribution in [0.15, 0.2) is 60.6 Å². The van der Waals surface area contributed by atoms with E-state index >= 15 is 0 Å². The van der Waals surface area contributed by atoms with Crippen LogP contribution in [0.3, 0.4) is 0 Å². The Labute approximate surface area is 204 Å². The minimum atomic E-state index is -4.77. The molecule has 0 atom stereocenters. The van der Waals surface area contributed by atoms with Gasteiger partial charge in [-0.25, -0.2) is 19.3 Å². The van der Waals surface area contributed by atoms with Crippen molar-refractivity contribution in [3.05, 3.63) is 66.1 Å². The monoisotopic (exact) mass is 504 g/mol. The Balaban J connectivity index is 1.75. The number of carbonyl (C=O) groups is 2. The van der Waals surface area contributed by atoms with E-state index in [4.69, 9.17) is 9.47 Å². The van der Waals surface area contributed by atoms with Gasteiger partial charge in [-0.15, -0.1) is 18.3 Å². The van der Waals surface area contributed by atoms with Crippen molar-refractivity contribution in [2.45, 2.75) is 32.7 Å². The largest absolute Gasteiger partial charge is 0.573 e. The first kappa shape index (κ1) is 26.3. The highest BCUT2D eigenvalue weighted by atomic mass is 19.4. The predicted octanol–water partition coefficient (Wildman–Crippen LogP) is 4.87. The van der Waals surface area contributed by atoms with Gasteiger partial charge in [0.25, 0.3) is 0 Å². The fourth-order valence-corrected chi connectivity index (χ4v) is 2.88. The third-order valence-electron chi connectivity index (χ3n) is 4.35. The lowest BCUT2D eigenvalue weighted by Crippen LogP contribution is -2.34. The molecule has 1 aromatic heterocycles. The van der Waals surface area contributed by atoms with Crippen LogP contribution in [0.1, 0.15) is 26.3 Å².